The van der Waals surface area contributed by atoms with Gasteiger partial charge in [-0.15, -0.1) is 0 Å². The van der Waals surface area contributed by atoms with E-state index in [0.717, 1.165) is 24.8 Å². The number of phenols is 3. The Hall–Kier alpha value is -3.51. The zero-order chi connectivity index (χ0) is 24.8. The fourth-order valence-electron chi connectivity index (χ4n) is 4.03. The van der Waals surface area contributed by atoms with Crippen LogP contribution >= 0.6 is 0 Å². The highest BCUT2D eigenvalue weighted by molar-refractivity contribution is 6.10. The number of fused-ring (bicyclic) bond motifs is 3. The van der Waals surface area contributed by atoms with E-state index in [4.69, 9.17) is 4.42 Å². The molecule has 1 heterocycles. The molecular formula is C28H32O6. The number of aliphatic hydroxyl groups excluding tert-OH is 1. The van der Waals surface area contributed by atoms with E-state index >= 15 is 0 Å². The summed E-state index contributed by atoms with van der Waals surface area (Å²) in [6.07, 6.45) is 10.1. The number of allylic oxidation sites excluding steroid dienone is 5. The first-order chi connectivity index (χ1) is 16.2. The molecule has 0 aliphatic carbocycles. The molecule has 0 aliphatic heterocycles. The van der Waals surface area contributed by atoms with Gasteiger partial charge in [-0.3, -0.25) is 0 Å². The maximum atomic E-state index is 12.5. The Kier molecular flexibility index (Phi) is 8.18. The van der Waals surface area contributed by atoms with Gasteiger partial charge in [-0.25, -0.2) is 4.79 Å². The van der Waals surface area contributed by atoms with Crippen molar-refractivity contribution in [3.05, 3.63) is 75.2 Å². The van der Waals surface area contributed by atoms with Crippen molar-refractivity contribution in [2.75, 3.05) is 6.61 Å². The van der Waals surface area contributed by atoms with Crippen molar-refractivity contribution in [3.63, 3.8) is 0 Å². The number of aliphatic hydroxyl groups is 1. The molecule has 34 heavy (non-hydrogen) atoms. The first kappa shape index (κ1) is 25.1. The lowest BCUT2D eigenvalue weighted by Crippen LogP contribution is -2.02. The number of benzene rings is 2. The molecule has 0 bridgehead atoms. The van der Waals surface area contributed by atoms with Gasteiger partial charge in [-0.05, 0) is 82.7 Å². The third kappa shape index (κ3) is 5.88. The Balaban J connectivity index is 1.87. The highest BCUT2D eigenvalue weighted by Crippen LogP contribution is 2.37. The minimum Gasteiger partial charge on any atom is -0.508 e. The van der Waals surface area contributed by atoms with Crippen LogP contribution in [0.4, 0.5) is 0 Å². The fourth-order valence-corrected chi connectivity index (χ4v) is 4.03. The van der Waals surface area contributed by atoms with Gasteiger partial charge in [-0.1, -0.05) is 29.4 Å². The van der Waals surface area contributed by atoms with E-state index in [-0.39, 0.29) is 40.2 Å². The zero-order valence-electron chi connectivity index (χ0n) is 19.9. The van der Waals surface area contributed by atoms with Gasteiger partial charge >= 0.3 is 5.63 Å². The largest absolute Gasteiger partial charge is 0.508 e. The molecule has 0 fully saturated rings. The van der Waals surface area contributed by atoms with Crippen molar-refractivity contribution in [1.82, 2.24) is 0 Å². The summed E-state index contributed by atoms with van der Waals surface area (Å²) in [7, 11) is 0. The van der Waals surface area contributed by atoms with E-state index in [2.05, 4.69) is 32.9 Å². The number of phenolic OH excluding ortho intramolecular Hbond substituents is 3. The van der Waals surface area contributed by atoms with Gasteiger partial charge in [0.15, 0.2) is 0 Å². The third-order valence-electron chi connectivity index (χ3n) is 5.84. The number of rotatable bonds is 9. The summed E-state index contributed by atoms with van der Waals surface area (Å²) in [5.41, 5.74) is 3.45. The van der Waals surface area contributed by atoms with Crippen LogP contribution in [0.3, 0.4) is 0 Å². The molecule has 3 rings (SSSR count). The summed E-state index contributed by atoms with van der Waals surface area (Å²) in [5, 5.41) is 40.9. The maximum Gasteiger partial charge on any atom is 0.348 e. The summed E-state index contributed by atoms with van der Waals surface area (Å²) in [6, 6.07) is 5.40. The normalized spacial score (nSPS) is 12.5. The van der Waals surface area contributed by atoms with Crippen LogP contribution in [0.15, 0.2) is 68.4 Å². The minimum atomic E-state index is -0.775. The van der Waals surface area contributed by atoms with E-state index in [1.165, 1.54) is 35.4 Å². The zero-order valence-corrected chi connectivity index (χ0v) is 19.9. The molecule has 180 valence electrons. The molecule has 1 aromatic heterocycles. The van der Waals surface area contributed by atoms with Gasteiger partial charge in [0, 0.05) is 16.3 Å². The van der Waals surface area contributed by atoms with Gasteiger partial charge in [-0.2, -0.15) is 0 Å². The summed E-state index contributed by atoms with van der Waals surface area (Å²) in [4.78, 5) is 12.5. The summed E-state index contributed by atoms with van der Waals surface area (Å²) >= 11 is 0. The Morgan fingerprint density at radius 3 is 2.26 bits per heavy atom. The molecule has 0 atom stereocenters. The SMILES string of the molecule is CC(C)=CCC/C(C)=C/CC/C(=C/Cc1cc(O)cc2c1oc(=O)c1c(O)ccc(O)c12)CO. The number of hydrogen-bond acceptors (Lipinski definition) is 6. The average Bonchev–Trinajstić information content (AvgIpc) is 2.78. The Labute approximate surface area is 198 Å². The van der Waals surface area contributed by atoms with Crippen LogP contribution in [0.2, 0.25) is 0 Å². The molecule has 0 saturated carbocycles. The first-order valence-corrected chi connectivity index (χ1v) is 11.4. The van der Waals surface area contributed by atoms with E-state index in [9.17, 15) is 25.2 Å². The van der Waals surface area contributed by atoms with Gasteiger partial charge in [0.1, 0.15) is 28.2 Å². The van der Waals surface area contributed by atoms with Crippen molar-refractivity contribution in [2.45, 2.75) is 52.9 Å². The highest BCUT2D eigenvalue weighted by Gasteiger charge is 2.17. The average molecular weight is 465 g/mol. The molecule has 3 aromatic rings. The smallest absolute Gasteiger partial charge is 0.348 e. The van der Waals surface area contributed by atoms with Crippen molar-refractivity contribution in [3.8, 4) is 17.2 Å². The van der Waals surface area contributed by atoms with Crippen LogP contribution in [0, 0.1) is 0 Å². The second kappa shape index (κ2) is 11.1. The predicted octanol–water partition coefficient (Wildman–Crippen LogP) is 6.00. The van der Waals surface area contributed by atoms with E-state index in [1.807, 2.05) is 6.08 Å². The van der Waals surface area contributed by atoms with E-state index in [1.54, 1.807) is 0 Å². The molecule has 0 radical (unpaired) electrons. The molecule has 6 nitrogen and oxygen atoms in total. The lowest BCUT2D eigenvalue weighted by Gasteiger charge is -2.10. The minimum absolute atomic E-state index is 0.0609. The molecule has 6 heteroatoms. The van der Waals surface area contributed by atoms with Crippen molar-refractivity contribution in [1.29, 1.82) is 0 Å². The standard InChI is InChI=1S/C28H32O6/c1-17(2)6-4-7-18(3)8-5-9-19(16-29)10-11-20-14-21(30)15-22-25-23(31)12-13-24(32)26(25)28(33)34-27(20)22/h6,8,10,12-15,29-32H,4-5,7,9,11,16H2,1-3H3/b18-8+,19-10-. The summed E-state index contributed by atoms with van der Waals surface area (Å²) in [6.45, 7) is 6.20. The second-order valence-electron chi connectivity index (χ2n) is 8.86. The Morgan fingerprint density at radius 2 is 1.59 bits per heavy atom. The van der Waals surface area contributed by atoms with Crippen molar-refractivity contribution in [2.24, 2.45) is 0 Å². The quantitative estimate of drug-likeness (QED) is 0.134. The van der Waals surface area contributed by atoms with Crippen LogP contribution in [-0.4, -0.2) is 27.0 Å². The van der Waals surface area contributed by atoms with Crippen LogP contribution in [0.25, 0.3) is 21.7 Å². The van der Waals surface area contributed by atoms with E-state index < -0.39 is 5.63 Å². The molecule has 0 unspecified atom stereocenters. The Morgan fingerprint density at radius 1 is 0.912 bits per heavy atom. The van der Waals surface area contributed by atoms with E-state index in [0.29, 0.717) is 23.8 Å². The maximum absolute atomic E-state index is 12.5. The molecule has 0 saturated heterocycles. The lowest BCUT2D eigenvalue weighted by atomic mass is 10.00. The summed E-state index contributed by atoms with van der Waals surface area (Å²) in [5.74, 6) is -0.560. The van der Waals surface area contributed by atoms with Gasteiger partial charge in [0.25, 0.3) is 0 Å². The molecule has 0 spiro atoms. The topological polar surface area (TPSA) is 111 Å². The van der Waals surface area contributed by atoms with Crippen LogP contribution in [0.1, 0.15) is 52.0 Å². The van der Waals surface area contributed by atoms with Crippen LogP contribution in [-0.2, 0) is 6.42 Å². The predicted molar refractivity (Wildman–Crippen MR) is 136 cm³/mol. The number of hydrogen-bond donors (Lipinski definition) is 4. The van der Waals surface area contributed by atoms with Crippen LogP contribution < -0.4 is 5.63 Å². The molecule has 0 amide bonds. The molecule has 0 aliphatic rings. The first-order valence-electron chi connectivity index (χ1n) is 11.4. The lowest BCUT2D eigenvalue weighted by molar-refractivity contribution is 0.326. The highest BCUT2D eigenvalue weighted by atomic mass is 16.4. The second-order valence-corrected chi connectivity index (χ2v) is 8.86. The molecular weight excluding hydrogens is 432 g/mol. The molecule has 2 aromatic carbocycles. The number of aromatic hydroxyl groups is 3. The van der Waals surface area contributed by atoms with Gasteiger partial charge < -0.3 is 24.8 Å². The van der Waals surface area contributed by atoms with Gasteiger partial charge in [0.05, 0.1) is 6.61 Å². The molecule has 4 N–H and O–H groups in total. The van der Waals surface area contributed by atoms with Crippen molar-refractivity contribution < 1.29 is 24.8 Å². The van der Waals surface area contributed by atoms with Crippen LogP contribution in [0.5, 0.6) is 17.2 Å². The Bertz CT molecular complexity index is 1340. The van der Waals surface area contributed by atoms with Gasteiger partial charge in [0.2, 0.25) is 0 Å². The third-order valence-corrected chi connectivity index (χ3v) is 5.84. The fraction of sp³-hybridized carbons (Fsp3) is 0.321. The summed E-state index contributed by atoms with van der Waals surface area (Å²) < 4.78 is 5.49. The van der Waals surface area contributed by atoms with Crippen molar-refractivity contribution >= 4 is 21.7 Å². The monoisotopic (exact) mass is 464 g/mol.